The molecule has 0 atom stereocenters. The number of carboxylic acids is 1. The fourth-order valence-electron chi connectivity index (χ4n) is 6.50. The number of aliphatic carboxylic acids is 1. The van der Waals surface area contributed by atoms with E-state index < -0.39 is 11.4 Å². The molecule has 0 spiro atoms. The molecule has 1 aliphatic carbocycles. The molecule has 0 aliphatic heterocycles. The third-order valence-corrected chi connectivity index (χ3v) is 9.01. The van der Waals surface area contributed by atoms with Crippen molar-refractivity contribution in [2.45, 2.75) is 52.2 Å². The van der Waals surface area contributed by atoms with Crippen LogP contribution in [0.1, 0.15) is 49.7 Å². The average molecular weight is 613 g/mol. The number of carboxylic acid groups (broad SMARTS) is 1. The van der Waals surface area contributed by atoms with Crippen LogP contribution in [-0.4, -0.2) is 37.2 Å². The second-order valence-corrected chi connectivity index (χ2v) is 12.0. The SMILES string of the molecule is CCOc1ccc(-c2ccc(Cn3c(CC4(C(=O)O)CCCC4)nc4cc(OCc5ccc6ccccc6n5)ccc43)cc2)cn1. The minimum Gasteiger partial charge on any atom is -0.487 e. The smallest absolute Gasteiger partial charge is 0.310 e. The van der Waals surface area contributed by atoms with E-state index in [0.717, 1.165) is 63.0 Å². The van der Waals surface area contributed by atoms with E-state index >= 15 is 0 Å². The van der Waals surface area contributed by atoms with Gasteiger partial charge < -0.3 is 19.1 Å². The van der Waals surface area contributed by atoms with Gasteiger partial charge in [0.2, 0.25) is 5.88 Å². The van der Waals surface area contributed by atoms with Crippen LogP contribution < -0.4 is 9.47 Å². The molecule has 8 heteroatoms. The Morgan fingerprint density at radius 3 is 2.43 bits per heavy atom. The van der Waals surface area contributed by atoms with E-state index in [1.165, 1.54) is 0 Å². The topological polar surface area (TPSA) is 99.4 Å². The van der Waals surface area contributed by atoms with E-state index in [2.05, 4.69) is 39.9 Å². The molecule has 0 radical (unpaired) electrons. The summed E-state index contributed by atoms with van der Waals surface area (Å²) >= 11 is 0. The number of ether oxygens (including phenoxy) is 2. The van der Waals surface area contributed by atoms with Gasteiger partial charge in [-0.05, 0) is 61.2 Å². The van der Waals surface area contributed by atoms with Gasteiger partial charge in [-0.15, -0.1) is 0 Å². The molecular weight excluding hydrogens is 576 g/mol. The summed E-state index contributed by atoms with van der Waals surface area (Å²) in [4.78, 5) is 26.7. The van der Waals surface area contributed by atoms with E-state index in [0.29, 0.717) is 50.7 Å². The van der Waals surface area contributed by atoms with Crippen LogP contribution in [0.5, 0.6) is 11.6 Å². The first-order valence-electron chi connectivity index (χ1n) is 15.9. The van der Waals surface area contributed by atoms with Crippen molar-refractivity contribution in [2.24, 2.45) is 5.41 Å². The van der Waals surface area contributed by atoms with E-state index in [1.54, 1.807) is 0 Å². The molecule has 0 amide bonds. The highest BCUT2D eigenvalue weighted by atomic mass is 16.5. The number of hydrogen-bond acceptors (Lipinski definition) is 6. The lowest BCUT2D eigenvalue weighted by atomic mass is 9.82. The van der Waals surface area contributed by atoms with Gasteiger partial charge in [-0.25, -0.2) is 15.0 Å². The van der Waals surface area contributed by atoms with Gasteiger partial charge in [0.1, 0.15) is 18.2 Å². The summed E-state index contributed by atoms with van der Waals surface area (Å²) in [5.41, 5.74) is 5.91. The van der Waals surface area contributed by atoms with Crippen molar-refractivity contribution < 1.29 is 19.4 Å². The lowest BCUT2D eigenvalue weighted by molar-refractivity contribution is -0.148. The fourth-order valence-corrected chi connectivity index (χ4v) is 6.50. The standard InChI is InChI=1S/C38H36N4O4/c1-2-45-36-18-14-29(23-39-36)27-11-9-26(10-12-27)24-42-34-17-16-31(46-25-30-15-13-28-7-3-4-8-32(28)40-30)21-33(34)41-35(42)22-38(37(43)44)19-5-6-20-38/h3-4,7-18,21,23H,2,5-6,19-20,22,24-25H2,1H3,(H,43,44). The van der Waals surface area contributed by atoms with Crippen LogP contribution in [0.2, 0.25) is 0 Å². The normalized spacial score (nSPS) is 14.1. The summed E-state index contributed by atoms with van der Waals surface area (Å²) < 4.78 is 13.8. The van der Waals surface area contributed by atoms with Crippen molar-refractivity contribution >= 4 is 27.9 Å². The van der Waals surface area contributed by atoms with Crippen molar-refractivity contribution in [3.8, 4) is 22.8 Å². The van der Waals surface area contributed by atoms with Crippen LogP contribution in [0.25, 0.3) is 33.1 Å². The summed E-state index contributed by atoms with van der Waals surface area (Å²) in [5, 5.41) is 11.4. The number of rotatable bonds is 11. The molecule has 1 saturated carbocycles. The van der Waals surface area contributed by atoms with Gasteiger partial charge in [0, 0.05) is 42.2 Å². The number of aromatic nitrogens is 4. The minimum atomic E-state index is -0.787. The second kappa shape index (κ2) is 12.6. The van der Waals surface area contributed by atoms with Gasteiger partial charge in [0.25, 0.3) is 0 Å². The quantitative estimate of drug-likeness (QED) is 0.159. The largest absolute Gasteiger partial charge is 0.487 e. The van der Waals surface area contributed by atoms with Crippen LogP contribution in [0.4, 0.5) is 0 Å². The second-order valence-electron chi connectivity index (χ2n) is 12.0. The molecule has 3 aromatic carbocycles. The minimum absolute atomic E-state index is 0.336. The third-order valence-electron chi connectivity index (χ3n) is 9.01. The lowest BCUT2D eigenvalue weighted by Crippen LogP contribution is -2.31. The molecule has 1 fully saturated rings. The fraction of sp³-hybridized carbons (Fsp3) is 0.263. The maximum Gasteiger partial charge on any atom is 0.310 e. The molecule has 0 saturated heterocycles. The highest BCUT2D eigenvalue weighted by Crippen LogP contribution is 2.42. The first kappa shape index (κ1) is 29.5. The zero-order chi connectivity index (χ0) is 31.5. The number of benzene rings is 3. The maximum absolute atomic E-state index is 12.5. The Bertz CT molecular complexity index is 1990. The van der Waals surface area contributed by atoms with Gasteiger partial charge in [-0.1, -0.05) is 61.4 Å². The molecular formula is C38H36N4O4. The number of imidazole rings is 1. The van der Waals surface area contributed by atoms with Crippen molar-refractivity contribution in [3.05, 3.63) is 114 Å². The van der Waals surface area contributed by atoms with Gasteiger partial charge in [-0.2, -0.15) is 0 Å². The molecule has 0 bridgehead atoms. The van der Waals surface area contributed by atoms with Crippen molar-refractivity contribution in [2.75, 3.05) is 6.61 Å². The number of fused-ring (bicyclic) bond motifs is 2. The first-order valence-corrected chi connectivity index (χ1v) is 15.9. The monoisotopic (exact) mass is 612 g/mol. The molecule has 1 N–H and O–H groups in total. The highest BCUT2D eigenvalue weighted by Gasteiger charge is 2.42. The van der Waals surface area contributed by atoms with Gasteiger partial charge >= 0.3 is 5.97 Å². The van der Waals surface area contributed by atoms with E-state index in [9.17, 15) is 9.90 Å². The number of para-hydroxylation sites is 1. The van der Waals surface area contributed by atoms with E-state index in [4.69, 9.17) is 19.4 Å². The summed E-state index contributed by atoms with van der Waals surface area (Å²) in [7, 11) is 0. The molecule has 0 unspecified atom stereocenters. The van der Waals surface area contributed by atoms with E-state index in [-0.39, 0.29) is 0 Å². The highest BCUT2D eigenvalue weighted by molar-refractivity contribution is 5.80. The Labute approximate surface area is 267 Å². The van der Waals surface area contributed by atoms with E-state index in [1.807, 2.05) is 73.8 Å². The zero-order valence-electron chi connectivity index (χ0n) is 25.9. The summed E-state index contributed by atoms with van der Waals surface area (Å²) in [6, 6.07) is 30.3. The van der Waals surface area contributed by atoms with Crippen LogP contribution >= 0.6 is 0 Å². The van der Waals surface area contributed by atoms with Crippen molar-refractivity contribution in [1.29, 1.82) is 0 Å². The Hall–Kier alpha value is -5.24. The Kier molecular flexibility index (Phi) is 8.09. The van der Waals surface area contributed by atoms with Crippen LogP contribution in [0, 0.1) is 5.41 Å². The summed E-state index contributed by atoms with van der Waals surface area (Å²) in [6.45, 7) is 3.43. The zero-order valence-corrected chi connectivity index (χ0v) is 25.9. The molecule has 232 valence electrons. The number of pyridine rings is 2. The van der Waals surface area contributed by atoms with Gasteiger partial charge in [0.15, 0.2) is 0 Å². The predicted octanol–water partition coefficient (Wildman–Crippen LogP) is 7.86. The number of nitrogens with zero attached hydrogens (tertiary/aromatic N) is 4. The van der Waals surface area contributed by atoms with Crippen LogP contribution in [0.15, 0.2) is 97.2 Å². The lowest BCUT2D eigenvalue weighted by Gasteiger charge is -2.24. The first-order chi connectivity index (χ1) is 22.5. The maximum atomic E-state index is 12.5. The van der Waals surface area contributed by atoms with Crippen molar-refractivity contribution in [3.63, 3.8) is 0 Å². The summed E-state index contributed by atoms with van der Waals surface area (Å²) in [6.07, 6.45) is 5.41. The van der Waals surface area contributed by atoms with Crippen molar-refractivity contribution in [1.82, 2.24) is 19.5 Å². The molecule has 3 aromatic heterocycles. The average Bonchev–Trinajstić information content (AvgIpc) is 3.70. The Morgan fingerprint density at radius 2 is 1.67 bits per heavy atom. The van der Waals surface area contributed by atoms with Gasteiger partial charge in [0.05, 0.1) is 34.3 Å². The molecule has 46 heavy (non-hydrogen) atoms. The molecule has 1 aliphatic rings. The Morgan fingerprint density at radius 1 is 0.870 bits per heavy atom. The summed E-state index contributed by atoms with van der Waals surface area (Å²) in [5.74, 6) is 1.36. The molecule has 3 heterocycles. The molecule has 6 aromatic rings. The van der Waals surface area contributed by atoms with Crippen LogP contribution in [0.3, 0.4) is 0 Å². The van der Waals surface area contributed by atoms with Gasteiger partial charge in [-0.3, -0.25) is 4.79 Å². The Balaban J connectivity index is 1.16. The number of hydrogen-bond donors (Lipinski definition) is 1. The number of carbonyl (C=O) groups is 1. The predicted molar refractivity (Wildman–Crippen MR) is 178 cm³/mol. The molecule has 8 nitrogen and oxygen atoms in total. The molecule has 7 rings (SSSR count). The van der Waals surface area contributed by atoms with Crippen LogP contribution in [-0.2, 0) is 24.4 Å². The third kappa shape index (κ3) is 6.03.